The van der Waals surface area contributed by atoms with Crippen LogP contribution in [0.1, 0.15) is 45.2 Å². The lowest BCUT2D eigenvalue weighted by Crippen LogP contribution is -2.35. The Bertz CT molecular complexity index is 365. The fraction of sp³-hybridized carbons (Fsp3) is 0.625. The second-order valence-corrected chi connectivity index (χ2v) is 5.46. The van der Waals surface area contributed by atoms with E-state index in [0.717, 1.165) is 18.6 Å². The highest BCUT2D eigenvalue weighted by molar-refractivity contribution is 5.29. The molecule has 20 heavy (non-hydrogen) atoms. The summed E-state index contributed by atoms with van der Waals surface area (Å²) in [6, 6.07) is 8.55. The van der Waals surface area contributed by atoms with Crippen molar-refractivity contribution in [2.75, 3.05) is 13.2 Å². The van der Waals surface area contributed by atoms with Crippen molar-refractivity contribution in [1.82, 2.24) is 5.32 Å². The number of hydrogen-bond donors (Lipinski definition) is 3. The van der Waals surface area contributed by atoms with Crippen molar-refractivity contribution in [3.63, 3.8) is 0 Å². The van der Waals surface area contributed by atoms with Crippen molar-refractivity contribution in [2.45, 2.75) is 51.8 Å². The highest BCUT2D eigenvalue weighted by Crippen LogP contribution is 2.19. The Morgan fingerprint density at radius 1 is 1.20 bits per heavy atom. The minimum atomic E-state index is 0.136. The third-order valence-electron chi connectivity index (χ3n) is 3.17. The van der Waals surface area contributed by atoms with Gasteiger partial charge in [-0.05, 0) is 51.3 Å². The molecule has 2 atom stereocenters. The predicted molar refractivity (Wildman–Crippen MR) is 82.9 cm³/mol. The Balaban J connectivity index is 2.60. The minimum absolute atomic E-state index is 0.136. The molecule has 1 rings (SSSR count). The van der Waals surface area contributed by atoms with Crippen LogP contribution in [0.25, 0.3) is 0 Å². The monoisotopic (exact) mass is 280 g/mol. The Hall–Kier alpha value is -1.10. The average molecular weight is 280 g/mol. The summed E-state index contributed by atoms with van der Waals surface area (Å²) in [6.07, 6.45) is 1.94. The first-order chi connectivity index (χ1) is 9.56. The molecule has 0 radical (unpaired) electrons. The molecular weight excluding hydrogens is 252 g/mol. The van der Waals surface area contributed by atoms with Gasteiger partial charge >= 0.3 is 0 Å². The van der Waals surface area contributed by atoms with Crippen LogP contribution in [0.15, 0.2) is 24.3 Å². The molecule has 0 aromatic heterocycles. The van der Waals surface area contributed by atoms with Gasteiger partial charge in [-0.2, -0.15) is 0 Å². The number of benzene rings is 1. The van der Waals surface area contributed by atoms with E-state index >= 15 is 0 Å². The van der Waals surface area contributed by atoms with E-state index in [1.807, 2.05) is 26.0 Å². The molecule has 0 saturated carbocycles. The van der Waals surface area contributed by atoms with E-state index in [0.29, 0.717) is 12.6 Å². The van der Waals surface area contributed by atoms with E-state index in [1.165, 1.54) is 5.56 Å². The molecular formula is C16H28N2O2. The summed E-state index contributed by atoms with van der Waals surface area (Å²) >= 11 is 0. The van der Waals surface area contributed by atoms with Crippen LogP contribution in [-0.4, -0.2) is 30.4 Å². The third kappa shape index (κ3) is 5.90. The van der Waals surface area contributed by atoms with Crippen LogP contribution >= 0.6 is 0 Å². The molecule has 1 aromatic carbocycles. The van der Waals surface area contributed by atoms with Gasteiger partial charge in [0.05, 0.1) is 6.10 Å². The van der Waals surface area contributed by atoms with Gasteiger partial charge in [0.25, 0.3) is 0 Å². The second-order valence-electron chi connectivity index (χ2n) is 5.46. The third-order valence-corrected chi connectivity index (χ3v) is 3.17. The standard InChI is InChI=1S/C16H28N2O2/c1-12(2)20-15-8-6-14(7-9-15)16(11-17)18-13(3)5-4-10-19/h6-9,12-13,16,18-19H,4-5,10-11,17H2,1-3H3. The summed E-state index contributed by atoms with van der Waals surface area (Å²) in [6.45, 7) is 6.94. The summed E-state index contributed by atoms with van der Waals surface area (Å²) in [7, 11) is 0. The molecule has 114 valence electrons. The lowest BCUT2D eigenvalue weighted by molar-refractivity contribution is 0.242. The fourth-order valence-electron chi connectivity index (χ4n) is 2.18. The van der Waals surface area contributed by atoms with E-state index in [4.69, 9.17) is 15.6 Å². The van der Waals surface area contributed by atoms with Gasteiger partial charge in [-0.25, -0.2) is 0 Å². The van der Waals surface area contributed by atoms with Crippen molar-refractivity contribution in [3.8, 4) is 5.75 Å². The molecule has 4 N–H and O–H groups in total. The number of aliphatic hydroxyl groups is 1. The topological polar surface area (TPSA) is 67.5 Å². The quantitative estimate of drug-likeness (QED) is 0.649. The van der Waals surface area contributed by atoms with Gasteiger partial charge in [-0.3, -0.25) is 0 Å². The number of ether oxygens (including phenoxy) is 1. The van der Waals surface area contributed by atoms with E-state index < -0.39 is 0 Å². The van der Waals surface area contributed by atoms with Crippen molar-refractivity contribution in [1.29, 1.82) is 0 Å². The van der Waals surface area contributed by atoms with Crippen molar-refractivity contribution in [2.24, 2.45) is 5.73 Å². The van der Waals surface area contributed by atoms with Gasteiger partial charge in [0, 0.05) is 25.2 Å². The van der Waals surface area contributed by atoms with Crippen molar-refractivity contribution < 1.29 is 9.84 Å². The summed E-state index contributed by atoms with van der Waals surface area (Å²) in [5.41, 5.74) is 7.02. The van der Waals surface area contributed by atoms with Gasteiger partial charge in [0.1, 0.15) is 5.75 Å². The highest BCUT2D eigenvalue weighted by atomic mass is 16.5. The van der Waals surface area contributed by atoms with E-state index in [1.54, 1.807) is 0 Å². The number of rotatable bonds is 9. The normalized spacial score (nSPS) is 14.3. The summed E-state index contributed by atoms with van der Waals surface area (Å²) < 4.78 is 5.64. The van der Waals surface area contributed by atoms with E-state index in [9.17, 15) is 0 Å². The van der Waals surface area contributed by atoms with Crippen LogP contribution in [0.4, 0.5) is 0 Å². The fourth-order valence-corrected chi connectivity index (χ4v) is 2.18. The zero-order valence-electron chi connectivity index (χ0n) is 12.8. The average Bonchev–Trinajstić information content (AvgIpc) is 2.43. The van der Waals surface area contributed by atoms with Crippen molar-refractivity contribution in [3.05, 3.63) is 29.8 Å². The molecule has 0 fully saturated rings. The van der Waals surface area contributed by atoms with Crippen LogP contribution in [0.3, 0.4) is 0 Å². The molecule has 0 aliphatic carbocycles. The summed E-state index contributed by atoms with van der Waals surface area (Å²) in [5.74, 6) is 0.882. The largest absolute Gasteiger partial charge is 0.491 e. The van der Waals surface area contributed by atoms with Crippen LogP contribution in [-0.2, 0) is 0 Å². The molecule has 1 aromatic rings. The molecule has 0 bridgehead atoms. The smallest absolute Gasteiger partial charge is 0.119 e. The van der Waals surface area contributed by atoms with Crippen LogP contribution in [0, 0.1) is 0 Å². The lowest BCUT2D eigenvalue weighted by Gasteiger charge is -2.23. The predicted octanol–water partition coefficient (Wildman–Crippen LogP) is 2.22. The van der Waals surface area contributed by atoms with E-state index in [-0.39, 0.29) is 18.8 Å². The molecule has 4 heteroatoms. The van der Waals surface area contributed by atoms with Crippen LogP contribution in [0.5, 0.6) is 5.75 Å². The van der Waals surface area contributed by atoms with Crippen LogP contribution in [0.2, 0.25) is 0 Å². The van der Waals surface area contributed by atoms with E-state index in [2.05, 4.69) is 24.4 Å². The summed E-state index contributed by atoms with van der Waals surface area (Å²) in [5, 5.41) is 12.4. The first-order valence-electron chi connectivity index (χ1n) is 7.40. The number of nitrogens with one attached hydrogen (secondary N) is 1. The van der Waals surface area contributed by atoms with Gasteiger partial charge in [0.15, 0.2) is 0 Å². The van der Waals surface area contributed by atoms with Gasteiger partial charge in [-0.1, -0.05) is 12.1 Å². The zero-order valence-corrected chi connectivity index (χ0v) is 12.8. The molecule has 0 heterocycles. The summed E-state index contributed by atoms with van der Waals surface area (Å²) in [4.78, 5) is 0. The molecule has 0 saturated heterocycles. The van der Waals surface area contributed by atoms with Gasteiger partial charge in [0.2, 0.25) is 0 Å². The first-order valence-corrected chi connectivity index (χ1v) is 7.40. The Morgan fingerprint density at radius 2 is 1.85 bits per heavy atom. The molecule has 2 unspecified atom stereocenters. The minimum Gasteiger partial charge on any atom is -0.491 e. The lowest BCUT2D eigenvalue weighted by atomic mass is 10.0. The van der Waals surface area contributed by atoms with Gasteiger partial charge in [-0.15, -0.1) is 0 Å². The maximum Gasteiger partial charge on any atom is 0.119 e. The first kappa shape index (κ1) is 17.0. The Morgan fingerprint density at radius 3 is 2.35 bits per heavy atom. The molecule has 0 aliphatic heterocycles. The van der Waals surface area contributed by atoms with Crippen molar-refractivity contribution >= 4 is 0 Å². The molecule has 0 aliphatic rings. The zero-order chi connectivity index (χ0) is 15.0. The number of aliphatic hydroxyl groups excluding tert-OH is 1. The number of nitrogens with two attached hydrogens (primary N) is 1. The number of hydrogen-bond acceptors (Lipinski definition) is 4. The SMILES string of the molecule is CC(CCCO)NC(CN)c1ccc(OC(C)C)cc1. The van der Waals surface area contributed by atoms with Gasteiger partial charge < -0.3 is 20.9 Å². The molecule has 0 amide bonds. The maximum absolute atomic E-state index is 8.86. The Kier molecular flexibility index (Phi) is 7.59. The maximum atomic E-state index is 8.86. The van der Waals surface area contributed by atoms with Crippen LogP contribution < -0.4 is 15.8 Å². The highest BCUT2D eigenvalue weighted by Gasteiger charge is 2.12. The molecule has 0 spiro atoms. The Labute approximate surface area is 122 Å². The molecule has 4 nitrogen and oxygen atoms in total. The second kappa shape index (κ2) is 8.95.